The van der Waals surface area contributed by atoms with E-state index in [0.717, 1.165) is 28.5 Å². The van der Waals surface area contributed by atoms with Gasteiger partial charge in [0.2, 0.25) is 0 Å². The minimum atomic E-state index is -0.182. The Morgan fingerprint density at radius 1 is 1.23 bits per heavy atom. The molecule has 1 saturated heterocycles. The van der Waals surface area contributed by atoms with Crippen LogP contribution in [0.4, 0.5) is 0 Å². The Morgan fingerprint density at radius 2 is 2.00 bits per heavy atom. The number of H-pyrrole nitrogens is 1. The normalized spacial score (nSPS) is 18.2. The summed E-state index contributed by atoms with van der Waals surface area (Å²) >= 11 is 1.10. The van der Waals surface area contributed by atoms with E-state index in [-0.39, 0.29) is 29.3 Å². The summed E-state index contributed by atoms with van der Waals surface area (Å²) in [6, 6.07) is 16.6. The molecule has 2 heterocycles. The largest absolute Gasteiger partial charge is 0.481 e. The third-order valence-corrected chi connectivity index (χ3v) is 5.90. The lowest BCUT2D eigenvalue weighted by Crippen LogP contribution is -2.39. The van der Waals surface area contributed by atoms with Crippen molar-refractivity contribution in [2.24, 2.45) is 0 Å². The van der Waals surface area contributed by atoms with Gasteiger partial charge in [0, 0.05) is 30.1 Å². The van der Waals surface area contributed by atoms with Crippen LogP contribution in [0.15, 0.2) is 59.4 Å². The Labute approximate surface area is 184 Å². The second kappa shape index (κ2) is 9.60. The van der Waals surface area contributed by atoms with Crippen molar-refractivity contribution in [2.45, 2.75) is 12.0 Å². The van der Waals surface area contributed by atoms with E-state index < -0.39 is 0 Å². The van der Waals surface area contributed by atoms with Crippen molar-refractivity contribution in [1.82, 2.24) is 20.4 Å². The molecule has 0 saturated carbocycles. The van der Waals surface area contributed by atoms with Crippen LogP contribution in [-0.4, -0.2) is 53.8 Å². The number of aromatic amines is 1. The van der Waals surface area contributed by atoms with Gasteiger partial charge >= 0.3 is 4.87 Å². The highest BCUT2D eigenvalue weighted by molar-refractivity contribution is 7.08. The number of carbonyl (C=O) groups is 1. The highest BCUT2D eigenvalue weighted by Gasteiger charge is 2.35. The summed E-state index contributed by atoms with van der Waals surface area (Å²) in [5.74, 6) is 6.49. The number of ether oxygens (including phenoxy) is 1. The maximum Gasteiger partial charge on any atom is 0.322 e. The number of likely N-dealkylation sites (N-methyl/N-ethyl adjacent to an activating group) is 1. The number of nitrogens with zero attached hydrogens (tertiary/aromatic N) is 2. The van der Waals surface area contributed by atoms with Gasteiger partial charge in [0.1, 0.15) is 17.4 Å². The molecule has 7 nitrogen and oxygen atoms in total. The molecule has 1 amide bonds. The molecule has 0 bridgehead atoms. The molecule has 0 spiro atoms. The predicted molar refractivity (Wildman–Crippen MR) is 119 cm³/mol. The fraction of sp³-hybridized carbons (Fsp3) is 0.261. The minimum absolute atomic E-state index is 0.0105. The van der Waals surface area contributed by atoms with Gasteiger partial charge in [-0.05, 0) is 43.4 Å². The van der Waals surface area contributed by atoms with Crippen LogP contribution < -0.4 is 14.9 Å². The molecule has 3 aromatic rings. The van der Waals surface area contributed by atoms with E-state index in [0.29, 0.717) is 17.9 Å². The molecule has 0 unspecified atom stereocenters. The van der Waals surface area contributed by atoms with Crippen molar-refractivity contribution in [3.05, 3.63) is 80.4 Å². The van der Waals surface area contributed by atoms with Gasteiger partial charge in [-0.3, -0.25) is 9.59 Å². The standard InChI is InChI=1S/C23H22N4O3S/c1-27-14-19(22-25-26-23(29)31-22)20(15-27)24-21(28)17-9-11-18(12-10-17)30-13-5-8-16-6-3-2-4-7-16/h2-4,6-7,9-12,19-20H,13-15H2,1H3,(H,24,28)(H,26,29)/t19-,20+/m0/s1. The summed E-state index contributed by atoms with van der Waals surface area (Å²) in [4.78, 5) is 26.1. The molecule has 8 heteroatoms. The van der Waals surface area contributed by atoms with Gasteiger partial charge in [-0.1, -0.05) is 41.4 Å². The highest BCUT2D eigenvalue weighted by Crippen LogP contribution is 2.27. The molecular formula is C23H22N4O3S. The fourth-order valence-electron chi connectivity index (χ4n) is 3.53. The van der Waals surface area contributed by atoms with Gasteiger partial charge in [0.15, 0.2) is 0 Å². The van der Waals surface area contributed by atoms with E-state index in [1.165, 1.54) is 0 Å². The molecule has 0 radical (unpaired) electrons. The molecule has 1 aliphatic rings. The van der Waals surface area contributed by atoms with Gasteiger partial charge in [-0.25, -0.2) is 5.10 Å². The molecule has 1 aliphatic heterocycles. The summed E-state index contributed by atoms with van der Waals surface area (Å²) in [6.45, 7) is 1.71. The van der Waals surface area contributed by atoms with E-state index in [1.807, 2.05) is 37.4 Å². The van der Waals surface area contributed by atoms with Crippen molar-refractivity contribution >= 4 is 17.2 Å². The summed E-state index contributed by atoms with van der Waals surface area (Å²) in [7, 11) is 1.99. The predicted octanol–water partition coefficient (Wildman–Crippen LogP) is 2.09. The zero-order valence-electron chi connectivity index (χ0n) is 17.0. The number of hydrogen-bond donors (Lipinski definition) is 2. The lowest BCUT2D eigenvalue weighted by molar-refractivity contribution is 0.0935. The minimum Gasteiger partial charge on any atom is -0.481 e. The van der Waals surface area contributed by atoms with E-state index in [9.17, 15) is 9.59 Å². The number of hydrogen-bond acceptors (Lipinski definition) is 6. The lowest BCUT2D eigenvalue weighted by Gasteiger charge is -2.18. The van der Waals surface area contributed by atoms with Crippen molar-refractivity contribution in [3.8, 4) is 17.6 Å². The van der Waals surface area contributed by atoms with Crippen LogP contribution in [0.3, 0.4) is 0 Å². The zero-order valence-corrected chi connectivity index (χ0v) is 17.8. The Hall–Kier alpha value is -3.41. The van der Waals surface area contributed by atoms with E-state index in [2.05, 4.69) is 32.3 Å². The average Bonchev–Trinajstić information content (AvgIpc) is 3.37. The van der Waals surface area contributed by atoms with Crippen LogP contribution in [0.2, 0.25) is 0 Å². The summed E-state index contributed by atoms with van der Waals surface area (Å²) in [5.41, 5.74) is 1.49. The summed E-state index contributed by atoms with van der Waals surface area (Å²) < 4.78 is 5.64. The van der Waals surface area contributed by atoms with Crippen molar-refractivity contribution < 1.29 is 9.53 Å². The van der Waals surface area contributed by atoms with Gasteiger partial charge in [-0.2, -0.15) is 5.10 Å². The zero-order chi connectivity index (χ0) is 21.6. The van der Waals surface area contributed by atoms with Crippen LogP contribution in [0.1, 0.15) is 26.8 Å². The Kier molecular flexibility index (Phi) is 6.46. The van der Waals surface area contributed by atoms with Gasteiger partial charge in [0.25, 0.3) is 5.91 Å². The number of benzene rings is 2. The number of aromatic nitrogens is 2. The summed E-state index contributed by atoms with van der Waals surface area (Å²) in [6.07, 6.45) is 0. The molecule has 158 valence electrons. The first-order valence-electron chi connectivity index (χ1n) is 9.90. The van der Waals surface area contributed by atoms with Crippen molar-refractivity contribution in [3.63, 3.8) is 0 Å². The third-order valence-electron chi connectivity index (χ3n) is 5.02. The molecule has 2 N–H and O–H groups in total. The lowest BCUT2D eigenvalue weighted by atomic mass is 10.0. The molecular weight excluding hydrogens is 412 g/mol. The van der Waals surface area contributed by atoms with Crippen LogP contribution in [0, 0.1) is 11.8 Å². The van der Waals surface area contributed by atoms with E-state index in [1.54, 1.807) is 24.3 Å². The second-order valence-corrected chi connectivity index (χ2v) is 8.33. The SMILES string of the molecule is CN1C[C@H](c2n[nH]c(=O)s2)[C@H](NC(=O)c2ccc(OCC#Cc3ccccc3)cc2)C1. The molecule has 1 fully saturated rings. The van der Waals surface area contributed by atoms with Crippen LogP contribution in [-0.2, 0) is 0 Å². The first kappa shape index (κ1) is 20.8. The van der Waals surface area contributed by atoms with E-state index in [4.69, 9.17) is 4.74 Å². The summed E-state index contributed by atoms with van der Waals surface area (Å²) in [5, 5.41) is 10.4. The number of carbonyl (C=O) groups excluding carboxylic acids is 1. The Morgan fingerprint density at radius 3 is 2.71 bits per heavy atom. The third kappa shape index (κ3) is 5.40. The van der Waals surface area contributed by atoms with Crippen molar-refractivity contribution in [1.29, 1.82) is 0 Å². The maximum atomic E-state index is 12.7. The number of rotatable bonds is 5. The topological polar surface area (TPSA) is 87.3 Å². The second-order valence-electron chi connectivity index (χ2n) is 7.34. The molecule has 4 rings (SSSR count). The van der Waals surface area contributed by atoms with Crippen LogP contribution >= 0.6 is 11.3 Å². The van der Waals surface area contributed by atoms with E-state index >= 15 is 0 Å². The fourth-order valence-corrected chi connectivity index (χ4v) is 4.29. The average molecular weight is 435 g/mol. The molecule has 2 aromatic carbocycles. The van der Waals surface area contributed by atoms with Crippen LogP contribution in [0.25, 0.3) is 0 Å². The maximum absolute atomic E-state index is 12.7. The smallest absolute Gasteiger partial charge is 0.322 e. The van der Waals surface area contributed by atoms with Gasteiger partial charge in [-0.15, -0.1) is 0 Å². The molecule has 2 atom stereocenters. The number of likely N-dealkylation sites (tertiary alicyclic amines) is 1. The first-order valence-corrected chi connectivity index (χ1v) is 10.7. The molecule has 31 heavy (non-hydrogen) atoms. The monoisotopic (exact) mass is 434 g/mol. The quantitative estimate of drug-likeness (QED) is 0.601. The van der Waals surface area contributed by atoms with Crippen LogP contribution in [0.5, 0.6) is 5.75 Å². The van der Waals surface area contributed by atoms with Gasteiger partial charge in [0.05, 0.1) is 6.04 Å². The first-order chi connectivity index (χ1) is 15.1. The highest BCUT2D eigenvalue weighted by atomic mass is 32.1. The Bertz CT molecular complexity index is 1150. The van der Waals surface area contributed by atoms with Crippen molar-refractivity contribution in [2.75, 3.05) is 26.7 Å². The number of nitrogens with one attached hydrogen (secondary N) is 2. The molecule has 0 aliphatic carbocycles. The molecule has 1 aromatic heterocycles. The Balaban J connectivity index is 1.33. The van der Waals surface area contributed by atoms with Gasteiger partial charge < -0.3 is 15.0 Å². The number of amides is 1.